The van der Waals surface area contributed by atoms with Crippen LogP contribution in [0.5, 0.6) is 0 Å². The van der Waals surface area contributed by atoms with Crippen LogP contribution >= 0.6 is 11.6 Å². The van der Waals surface area contributed by atoms with Gasteiger partial charge < -0.3 is 0 Å². The molecule has 4 rings (SSSR count). The molecule has 138 valence electrons. The lowest BCUT2D eigenvalue weighted by molar-refractivity contribution is 1.18. The fourth-order valence-electron chi connectivity index (χ4n) is 2.92. The van der Waals surface area contributed by atoms with Crippen molar-refractivity contribution in [1.29, 1.82) is 0 Å². The summed E-state index contributed by atoms with van der Waals surface area (Å²) < 4.78 is 0. The Morgan fingerprint density at radius 2 is 1.61 bits per heavy atom. The molecule has 0 radical (unpaired) electrons. The van der Waals surface area contributed by atoms with Crippen molar-refractivity contribution in [3.63, 3.8) is 0 Å². The highest BCUT2D eigenvalue weighted by molar-refractivity contribution is 6.33. The zero-order valence-electron chi connectivity index (χ0n) is 15.6. The number of para-hydroxylation sites is 1. The minimum atomic E-state index is 0.565. The molecule has 3 aromatic carbocycles. The Morgan fingerprint density at radius 3 is 2.39 bits per heavy atom. The van der Waals surface area contributed by atoms with Crippen LogP contribution in [0.2, 0.25) is 5.02 Å². The second-order valence-electron chi connectivity index (χ2n) is 6.57. The van der Waals surface area contributed by atoms with Gasteiger partial charge in [-0.05, 0) is 43.7 Å². The topological polar surface area (TPSA) is 50.2 Å². The summed E-state index contributed by atoms with van der Waals surface area (Å²) in [7, 11) is 0. The van der Waals surface area contributed by atoms with Crippen molar-refractivity contribution in [2.75, 3.05) is 5.43 Å². The first-order valence-corrected chi connectivity index (χ1v) is 9.38. The predicted octanol–water partition coefficient (Wildman–Crippen LogP) is 6.09. The van der Waals surface area contributed by atoms with E-state index in [-0.39, 0.29) is 0 Å². The average Bonchev–Trinajstić information content (AvgIpc) is 2.72. The van der Waals surface area contributed by atoms with Gasteiger partial charge in [0.25, 0.3) is 0 Å². The lowest BCUT2D eigenvalue weighted by Gasteiger charge is -2.10. The van der Waals surface area contributed by atoms with Gasteiger partial charge >= 0.3 is 0 Å². The van der Waals surface area contributed by atoms with Crippen LogP contribution in [0.4, 0.5) is 5.82 Å². The van der Waals surface area contributed by atoms with Crippen molar-refractivity contribution in [3.05, 3.63) is 88.9 Å². The fourth-order valence-corrected chi connectivity index (χ4v) is 3.14. The number of hydrazone groups is 1. The zero-order chi connectivity index (χ0) is 19.5. The molecule has 1 aromatic heterocycles. The Balaban J connectivity index is 1.76. The number of rotatable bonds is 4. The molecule has 1 N–H and O–H groups in total. The van der Waals surface area contributed by atoms with Crippen molar-refractivity contribution >= 4 is 34.0 Å². The molecule has 0 unspecified atom stereocenters. The van der Waals surface area contributed by atoms with E-state index < -0.39 is 0 Å². The van der Waals surface area contributed by atoms with Crippen molar-refractivity contribution in [2.24, 2.45) is 5.10 Å². The van der Waals surface area contributed by atoms with E-state index in [0.717, 1.165) is 27.7 Å². The third-order valence-corrected chi connectivity index (χ3v) is 4.85. The number of anilines is 1. The Hall–Kier alpha value is -3.24. The molecule has 4 aromatic rings. The van der Waals surface area contributed by atoms with Crippen molar-refractivity contribution in [2.45, 2.75) is 13.8 Å². The number of halogens is 1. The van der Waals surface area contributed by atoms with Gasteiger partial charge in [-0.15, -0.1) is 0 Å². The molecule has 4 nitrogen and oxygen atoms in total. The van der Waals surface area contributed by atoms with E-state index in [1.807, 2.05) is 55.5 Å². The Labute approximate surface area is 168 Å². The molecule has 5 heteroatoms. The number of benzene rings is 3. The molecule has 0 saturated carbocycles. The van der Waals surface area contributed by atoms with Crippen LogP contribution in [0.25, 0.3) is 22.3 Å². The molecule has 0 aliphatic heterocycles. The van der Waals surface area contributed by atoms with Gasteiger partial charge in [-0.1, -0.05) is 65.7 Å². The van der Waals surface area contributed by atoms with Crippen molar-refractivity contribution in [3.8, 4) is 11.4 Å². The summed E-state index contributed by atoms with van der Waals surface area (Å²) >= 11 is 6.35. The third kappa shape index (κ3) is 3.73. The first-order chi connectivity index (χ1) is 13.6. The summed E-state index contributed by atoms with van der Waals surface area (Å²) in [6, 6.07) is 23.7. The SMILES string of the molecule is C/C(=N\Nc1nc(-c2ccccc2Cl)nc2ccccc12)c1ccc(C)cc1. The quantitative estimate of drug-likeness (QED) is 0.341. The van der Waals surface area contributed by atoms with Crippen LogP contribution in [0, 0.1) is 6.92 Å². The van der Waals surface area contributed by atoms with Crippen LogP contribution in [-0.4, -0.2) is 15.7 Å². The van der Waals surface area contributed by atoms with Crippen LogP contribution in [0.15, 0.2) is 77.9 Å². The van der Waals surface area contributed by atoms with Gasteiger partial charge in [-0.2, -0.15) is 5.10 Å². The minimum absolute atomic E-state index is 0.565. The molecule has 0 aliphatic rings. The Morgan fingerprint density at radius 1 is 0.893 bits per heavy atom. The summed E-state index contributed by atoms with van der Waals surface area (Å²) in [5.74, 6) is 1.21. The van der Waals surface area contributed by atoms with E-state index in [1.54, 1.807) is 0 Å². The monoisotopic (exact) mass is 386 g/mol. The molecular weight excluding hydrogens is 368 g/mol. The molecule has 0 aliphatic carbocycles. The summed E-state index contributed by atoms with van der Waals surface area (Å²) in [6.07, 6.45) is 0. The largest absolute Gasteiger partial charge is 0.260 e. The molecule has 28 heavy (non-hydrogen) atoms. The minimum Gasteiger partial charge on any atom is -0.260 e. The number of fused-ring (bicyclic) bond motifs is 1. The number of nitrogens with zero attached hydrogens (tertiary/aromatic N) is 3. The average molecular weight is 387 g/mol. The van der Waals surface area contributed by atoms with E-state index in [2.05, 4.69) is 46.7 Å². The van der Waals surface area contributed by atoms with Crippen molar-refractivity contribution in [1.82, 2.24) is 9.97 Å². The molecule has 0 fully saturated rings. The van der Waals surface area contributed by atoms with E-state index in [0.29, 0.717) is 16.7 Å². The highest BCUT2D eigenvalue weighted by Crippen LogP contribution is 2.29. The van der Waals surface area contributed by atoms with Gasteiger partial charge in [-0.25, -0.2) is 9.97 Å². The maximum absolute atomic E-state index is 6.35. The van der Waals surface area contributed by atoms with E-state index in [4.69, 9.17) is 16.6 Å². The maximum Gasteiger partial charge on any atom is 0.163 e. The molecular formula is C23H19ClN4. The van der Waals surface area contributed by atoms with Gasteiger partial charge in [0, 0.05) is 10.9 Å². The van der Waals surface area contributed by atoms with Gasteiger partial charge in [0.1, 0.15) is 0 Å². The molecule has 1 heterocycles. The lowest BCUT2D eigenvalue weighted by Crippen LogP contribution is -2.03. The van der Waals surface area contributed by atoms with E-state index in [9.17, 15) is 0 Å². The summed E-state index contributed by atoms with van der Waals surface area (Å²) in [5, 5.41) is 6.06. The number of aromatic nitrogens is 2. The van der Waals surface area contributed by atoms with Crippen molar-refractivity contribution < 1.29 is 0 Å². The van der Waals surface area contributed by atoms with Crippen LogP contribution in [0.1, 0.15) is 18.1 Å². The number of hydrogen-bond donors (Lipinski definition) is 1. The molecule has 0 spiro atoms. The Kier molecular flexibility index (Phi) is 5.04. The predicted molar refractivity (Wildman–Crippen MR) is 117 cm³/mol. The molecule has 0 bridgehead atoms. The zero-order valence-corrected chi connectivity index (χ0v) is 16.4. The smallest absolute Gasteiger partial charge is 0.163 e. The first kappa shape index (κ1) is 18.1. The highest BCUT2D eigenvalue weighted by Gasteiger charge is 2.11. The normalized spacial score (nSPS) is 11.6. The summed E-state index contributed by atoms with van der Waals surface area (Å²) in [4.78, 5) is 9.38. The summed E-state index contributed by atoms with van der Waals surface area (Å²) in [6.45, 7) is 4.04. The standard InChI is InChI=1S/C23H19ClN4/c1-15-11-13-17(14-12-15)16(2)27-28-23-19-8-4-6-10-21(19)25-22(26-23)18-7-3-5-9-20(18)24/h3-14H,1-2H3,(H,25,26,28)/b27-16+. The molecule has 0 saturated heterocycles. The lowest BCUT2D eigenvalue weighted by atomic mass is 10.1. The fraction of sp³-hybridized carbons (Fsp3) is 0.0870. The van der Waals surface area contributed by atoms with E-state index >= 15 is 0 Å². The first-order valence-electron chi connectivity index (χ1n) is 9.01. The van der Waals surface area contributed by atoms with Gasteiger partial charge in [-0.3, -0.25) is 5.43 Å². The van der Waals surface area contributed by atoms with Crippen LogP contribution in [0.3, 0.4) is 0 Å². The molecule has 0 atom stereocenters. The van der Waals surface area contributed by atoms with Gasteiger partial charge in [0.2, 0.25) is 0 Å². The van der Waals surface area contributed by atoms with Crippen LogP contribution < -0.4 is 5.43 Å². The number of hydrogen-bond acceptors (Lipinski definition) is 4. The van der Waals surface area contributed by atoms with E-state index in [1.165, 1.54) is 5.56 Å². The highest BCUT2D eigenvalue weighted by atomic mass is 35.5. The second-order valence-corrected chi connectivity index (χ2v) is 6.98. The Bertz CT molecular complexity index is 1170. The van der Waals surface area contributed by atoms with Crippen LogP contribution in [-0.2, 0) is 0 Å². The third-order valence-electron chi connectivity index (χ3n) is 4.52. The summed E-state index contributed by atoms with van der Waals surface area (Å²) in [5.41, 5.74) is 7.90. The second kappa shape index (κ2) is 7.79. The number of nitrogens with one attached hydrogen (secondary N) is 1. The van der Waals surface area contributed by atoms with Gasteiger partial charge in [0.05, 0.1) is 16.3 Å². The maximum atomic E-state index is 6.35. The molecule has 0 amide bonds. The number of aryl methyl sites for hydroxylation is 1. The van der Waals surface area contributed by atoms with Gasteiger partial charge in [0.15, 0.2) is 11.6 Å².